The molecular formula is C28H30N2O. The Kier molecular flexibility index (Phi) is 8.46. The van der Waals surface area contributed by atoms with E-state index in [9.17, 15) is 4.79 Å². The van der Waals surface area contributed by atoms with Crippen molar-refractivity contribution in [3.63, 3.8) is 0 Å². The molecule has 1 aliphatic heterocycles. The zero-order valence-electron chi connectivity index (χ0n) is 18.4. The van der Waals surface area contributed by atoms with Crippen LogP contribution in [0.4, 0.5) is 5.69 Å². The van der Waals surface area contributed by atoms with Gasteiger partial charge < -0.3 is 5.32 Å². The van der Waals surface area contributed by atoms with Crippen molar-refractivity contribution in [1.82, 2.24) is 4.90 Å². The molecule has 0 bridgehead atoms. The van der Waals surface area contributed by atoms with Gasteiger partial charge in [-0.05, 0) is 66.9 Å². The van der Waals surface area contributed by atoms with Crippen LogP contribution in [0.5, 0.6) is 0 Å². The summed E-state index contributed by atoms with van der Waals surface area (Å²) in [4.78, 5) is 14.6. The van der Waals surface area contributed by atoms with Crippen LogP contribution < -0.4 is 5.32 Å². The lowest BCUT2D eigenvalue weighted by atomic mass is 10.1. The summed E-state index contributed by atoms with van der Waals surface area (Å²) in [5, 5.41) is 2.83. The largest absolute Gasteiger partial charge is 0.315 e. The van der Waals surface area contributed by atoms with E-state index in [4.69, 9.17) is 0 Å². The van der Waals surface area contributed by atoms with Gasteiger partial charge in [0.25, 0.3) is 0 Å². The number of rotatable bonds is 4. The highest BCUT2D eigenvalue weighted by Crippen LogP contribution is 2.21. The van der Waals surface area contributed by atoms with Crippen molar-refractivity contribution in [3.8, 4) is 23.0 Å². The number of likely N-dealkylation sites (tertiary alicyclic amines) is 1. The Hall–Kier alpha value is -3.35. The molecule has 4 rings (SSSR count). The molecule has 1 N–H and O–H groups in total. The Labute approximate surface area is 186 Å². The van der Waals surface area contributed by atoms with Gasteiger partial charge in [0.1, 0.15) is 0 Å². The van der Waals surface area contributed by atoms with E-state index in [1.165, 1.54) is 31.5 Å². The van der Waals surface area contributed by atoms with Crippen LogP contribution in [0.15, 0.2) is 78.9 Å². The van der Waals surface area contributed by atoms with Crippen molar-refractivity contribution in [3.05, 3.63) is 90.0 Å². The molecule has 3 aromatic rings. The van der Waals surface area contributed by atoms with E-state index in [1.54, 1.807) is 0 Å². The summed E-state index contributed by atoms with van der Waals surface area (Å²) in [6.07, 6.45) is 2.60. The number of amides is 1. The molecule has 31 heavy (non-hydrogen) atoms. The number of hydrogen-bond donors (Lipinski definition) is 1. The maximum atomic E-state index is 12.1. The summed E-state index contributed by atoms with van der Waals surface area (Å²) in [7, 11) is 0. The molecule has 1 aliphatic rings. The van der Waals surface area contributed by atoms with Crippen molar-refractivity contribution in [2.45, 2.75) is 33.2 Å². The van der Waals surface area contributed by atoms with Crippen molar-refractivity contribution in [2.75, 3.05) is 18.4 Å². The molecular weight excluding hydrogens is 380 g/mol. The molecule has 0 atom stereocenters. The molecule has 158 valence electrons. The van der Waals surface area contributed by atoms with Crippen LogP contribution in [0.1, 0.15) is 37.8 Å². The highest BCUT2D eigenvalue weighted by atomic mass is 16.1. The van der Waals surface area contributed by atoms with E-state index in [-0.39, 0.29) is 5.91 Å². The monoisotopic (exact) mass is 410 g/mol. The van der Waals surface area contributed by atoms with Crippen molar-refractivity contribution >= 4 is 11.6 Å². The number of hydrogen-bond acceptors (Lipinski definition) is 2. The lowest BCUT2D eigenvalue weighted by Gasteiger charge is -2.14. The van der Waals surface area contributed by atoms with Gasteiger partial charge in [-0.1, -0.05) is 74.4 Å². The van der Waals surface area contributed by atoms with Gasteiger partial charge in [-0.15, -0.1) is 0 Å². The van der Waals surface area contributed by atoms with Gasteiger partial charge >= 0.3 is 5.91 Å². The zero-order valence-corrected chi connectivity index (χ0v) is 18.4. The Morgan fingerprint density at radius 1 is 0.839 bits per heavy atom. The standard InChI is InChI=1S/C26H24N2O.C2H6/c29-26(27-25-15-13-24(14-16-25)23-6-2-1-3-7-23)17-12-21-8-10-22(11-9-21)20-28-18-4-5-19-28;1-2/h1-3,6-11,13-16H,4-5,18-20H2,(H,27,29);1-2H3. The number of carbonyl (C=O) groups excluding carboxylic acids is 1. The highest BCUT2D eigenvalue weighted by Gasteiger charge is 2.11. The first-order chi connectivity index (χ1) is 15.3. The lowest BCUT2D eigenvalue weighted by Crippen LogP contribution is -2.18. The number of nitrogens with zero attached hydrogens (tertiary/aromatic N) is 1. The molecule has 0 aliphatic carbocycles. The molecule has 3 nitrogen and oxygen atoms in total. The molecule has 3 heteroatoms. The average molecular weight is 411 g/mol. The second-order valence-corrected chi connectivity index (χ2v) is 7.33. The molecule has 0 saturated carbocycles. The first-order valence-corrected chi connectivity index (χ1v) is 11.1. The van der Waals surface area contributed by atoms with Crippen LogP contribution in [0, 0.1) is 11.8 Å². The third kappa shape index (κ3) is 6.84. The second-order valence-electron chi connectivity index (χ2n) is 7.33. The van der Waals surface area contributed by atoms with Crippen LogP contribution in [0.25, 0.3) is 11.1 Å². The summed E-state index contributed by atoms with van der Waals surface area (Å²) >= 11 is 0. The molecule has 0 spiro atoms. The van der Waals surface area contributed by atoms with E-state index >= 15 is 0 Å². The van der Waals surface area contributed by atoms with Crippen molar-refractivity contribution < 1.29 is 4.79 Å². The van der Waals surface area contributed by atoms with E-state index in [2.05, 4.69) is 46.3 Å². The molecule has 1 amide bonds. The maximum Gasteiger partial charge on any atom is 0.300 e. The number of benzene rings is 3. The molecule has 0 radical (unpaired) electrons. The Balaban J connectivity index is 0.00000132. The van der Waals surface area contributed by atoms with E-state index in [0.717, 1.165) is 28.9 Å². The highest BCUT2D eigenvalue weighted by molar-refractivity contribution is 6.04. The molecule has 1 saturated heterocycles. The van der Waals surface area contributed by atoms with Gasteiger partial charge in [0, 0.05) is 23.7 Å². The minimum Gasteiger partial charge on any atom is -0.315 e. The van der Waals surface area contributed by atoms with Gasteiger partial charge in [-0.25, -0.2) is 0 Å². The smallest absolute Gasteiger partial charge is 0.300 e. The predicted molar refractivity (Wildman–Crippen MR) is 130 cm³/mol. The van der Waals surface area contributed by atoms with Gasteiger partial charge in [0.2, 0.25) is 0 Å². The molecule has 1 heterocycles. The van der Waals surface area contributed by atoms with Crippen molar-refractivity contribution in [1.29, 1.82) is 0 Å². The predicted octanol–water partition coefficient (Wildman–Crippen LogP) is 5.97. The van der Waals surface area contributed by atoms with Crippen LogP contribution in [0.2, 0.25) is 0 Å². The fraction of sp³-hybridized carbons (Fsp3) is 0.250. The molecule has 1 fully saturated rings. The normalized spacial score (nSPS) is 12.8. The lowest BCUT2D eigenvalue weighted by molar-refractivity contribution is -0.111. The summed E-state index contributed by atoms with van der Waals surface area (Å²) in [6.45, 7) is 7.37. The Morgan fingerprint density at radius 2 is 1.45 bits per heavy atom. The SMILES string of the molecule is CC.O=C(C#Cc1ccc(CN2CCCC2)cc1)Nc1ccc(-c2ccccc2)cc1. The van der Waals surface area contributed by atoms with Gasteiger partial charge in [0.05, 0.1) is 0 Å². The minimum atomic E-state index is -0.307. The van der Waals surface area contributed by atoms with E-state index < -0.39 is 0 Å². The summed E-state index contributed by atoms with van der Waals surface area (Å²) in [6, 6.07) is 26.1. The van der Waals surface area contributed by atoms with E-state index in [1.807, 2.05) is 68.4 Å². The minimum absolute atomic E-state index is 0.307. The second kappa shape index (κ2) is 11.7. The zero-order chi connectivity index (χ0) is 21.9. The number of carbonyl (C=O) groups is 1. The summed E-state index contributed by atoms with van der Waals surface area (Å²) < 4.78 is 0. The Morgan fingerprint density at radius 3 is 2.10 bits per heavy atom. The van der Waals surface area contributed by atoms with Gasteiger partial charge in [-0.3, -0.25) is 9.69 Å². The first-order valence-electron chi connectivity index (χ1n) is 11.1. The van der Waals surface area contributed by atoms with Crippen LogP contribution >= 0.6 is 0 Å². The molecule has 0 unspecified atom stereocenters. The quantitative estimate of drug-likeness (QED) is 0.538. The van der Waals surface area contributed by atoms with Crippen LogP contribution in [-0.4, -0.2) is 23.9 Å². The third-order valence-electron chi connectivity index (χ3n) is 5.13. The first kappa shape index (κ1) is 22.3. The number of nitrogens with one attached hydrogen (secondary N) is 1. The summed E-state index contributed by atoms with van der Waals surface area (Å²) in [5.41, 5.74) is 5.15. The van der Waals surface area contributed by atoms with Gasteiger partial charge in [-0.2, -0.15) is 0 Å². The summed E-state index contributed by atoms with van der Waals surface area (Å²) in [5.74, 6) is 5.32. The number of anilines is 1. The Bertz CT molecular complexity index is 1010. The maximum absolute atomic E-state index is 12.1. The van der Waals surface area contributed by atoms with Crippen LogP contribution in [-0.2, 0) is 11.3 Å². The molecule has 3 aromatic carbocycles. The average Bonchev–Trinajstić information content (AvgIpc) is 3.34. The van der Waals surface area contributed by atoms with E-state index in [0.29, 0.717) is 0 Å². The topological polar surface area (TPSA) is 32.3 Å². The van der Waals surface area contributed by atoms with Gasteiger partial charge in [0.15, 0.2) is 0 Å². The molecule has 0 aromatic heterocycles. The van der Waals surface area contributed by atoms with Crippen LogP contribution in [0.3, 0.4) is 0 Å². The fourth-order valence-electron chi connectivity index (χ4n) is 3.56. The van der Waals surface area contributed by atoms with Crippen molar-refractivity contribution in [2.24, 2.45) is 0 Å². The fourth-order valence-corrected chi connectivity index (χ4v) is 3.56. The third-order valence-corrected chi connectivity index (χ3v) is 5.13.